The summed E-state index contributed by atoms with van der Waals surface area (Å²) in [5.41, 5.74) is 2.42. The molecule has 0 amide bonds. The number of hydrogen-bond acceptors (Lipinski definition) is 4. The van der Waals surface area contributed by atoms with Gasteiger partial charge in [0.15, 0.2) is 0 Å². The highest BCUT2D eigenvalue weighted by atomic mass is 35.5. The van der Waals surface area contributed by atoms with Crippen LogP contribution in [0.3, 0.4) is 0 Å². The van der Waals surface area contributed by atoms with E-state index in [4.69, 9.17) is 11.6 Å². The zero-order valence-corrected chi connectivity index (χ0v) is 17.2. The van der Waals surface area contributed by atoms with Gasteiger partial charge in [0.05, 0.1) is 16.5 Å². The molecule has 5 nitrogen and oxygen atoms in total. The Morgan fingerprint density at radius 1 is 1.07 bits per heavy atom. The molecule has 0 aliphatic rings. The average molecular weight is 405 g/mol. The lowest BCUT2D eigenvalue weighted by molar-refractivity contribution is 0.770. The Labute approximate surface area is 174 Å². The number of anilines is 1. The van der Waals surface area contributed by atoms with Crippen molar-refractivity contribution in [3.63, 3.8) is 0 Å². The van der Waals surface area contributed by atoms with Crippen molar-refractivity contribution in [2.24, 2.45) is 0 Å². The molecule has 6 heteroatoms. The summed E-state index contributed by atoms with van der Waals surface area (Å²) in [6, 6.07) is 16.9. The molecule has 0 unspecified atom stereocenters. The molecule has 0 saturated heterocycles. The molecule has 0 radical (unpaired) electrons. The first-order valence-electron chi connectivity index (χ1n) is 9.42. The Balaban J connectivity index is 1.93. The van der Waals surface area contributed by atoms with Crippen LogP contribution in [0.15, 0.2) is 65.6 Å². The quantitative estimate of drug-likeness (QED) is 0.506. The van der Waals surface area contributed by atoms with Gasteiger partial charge in [-0.25, -0.2) is 9.97 Å². The van der Waals surface area contributed by atoms with Crippen LogP contribution in [0.4, 0.5) is 5.82 Å². The molecule has 0 spiro atoms. The Kier molecular flexibility index (Phi) is 5.07. The zero-order valence-electron chi connectivity index (χ0n) is 16.5. The molecule has 0 bridgehead atoms. The van der Waals surface area contributed by atoms with E-state index >= 15 is 0 Å². The first kappa shape index (κ1) is 19.2. The van der Waals surface area contributed by atoms with E-state index in [9.17, 15) is 4.79 Å². The molecule has 0 aliphatic heterocycles. The first-order valence-corrected chi connectivity index (χ1v) is 9.80. The van der Waals surface area contributed by atoms with Gasteiger partial charge in [-0.3, -0.25) is 9.36 Å². The minimum absolute atomic E-state index is 0.140. The van der Waals surface area contributed by atoms with Gasteiger partial charge in [-0.15, -0.1) is 0 Å². The van der Waals surface area contributed by atoms with E-state index in [0.717, 1.165) is 28.1 Å². The molecule has 4 aromatic rings. The molecule has 2 aromatic carbocycles. The predicted molar refractivity (Wildman–Crippen MR) is 118 cm³/mol. The third-order valence-corrected chi connectivity index (χ3v) is 5.24. The molecular weight excluding hydrogens is 384 g/mol. The van der Waals surface area contributed by atoms with Crippen molar-refractivity contribution in [3.8, 4) is 5.69 Å². The molecule has 1 N–H and O–H groups in total. The molecule has 0 saturated carbocycles. The lowest BCUT2D eigenvalue weighted by Crippen LogP contribution is -2.26. The highest BCUT2D eigenvalue weighted by Gasteiger charge is 2.18. The lowest BCUT2D eigenvalue weighted by atomic mass is 10.1. The number of benzene rings is 2. The Morgan fingerprint density at radius 3 is 2.59 bits per heavy atom. The fraction of sp³-hybridized carbons (Fsp3) is 0.174. The Bertz CT molecular complexity index is 1250. The summed E-state index contributed by atoms with van der Waals surface area (Å²) in [5.74, 6) is 1.44. The average Bonchev–Trinajstić information content (AvgIpc) is 2.71. The number of rotatable bonds is 4. The second-order valence-corrected chi connectivity index (χ2v) is 7.47. The largest absolute Gasteiger partial charge is 0.362 e. The topological polar surface area (TPSA) is 59.8 Å². The maximum absolute atomic E-state index is 13.5. The van der Waals surface area contributed by atoms with Crippen molar-refractivity contribution in [3.05, 3.63) is 93.3 Å². The van der Waals surface area contributed by atoms with Gasteiger partial charge in [-0.2, -0.15) is 0 Å². The van der Waals surface area contributed by atoms with Gasteiger partial charge in [0.2, 0.25) is 0 Å². The number of aryl methyl sites for hydroxylation is 2. The van der Waals surface area contributed by atoms with Crippen LogP contribution in [0.5, 0.6) is 0 Å². The van der Waals surface area contributed by atoms with E-state index in [1.165, 1.54) is 0 Å². The van der Waals surface area contributed by atoms with Crippen LogP contribution in [0.25, 0.3) is 16.5 Å². The number of nitrogens with one attached hydrogen (secondary N) is 1. The van der Waals surface area contributed by atoms with Crippen LogP contribution < -0.4 is 10.9 Å². The SMILES string of the molecule is Cc1ncc(C)c(N[C@@H](C)c2cc3cccc(Cl)c3c(=O)n2-c2ccccc2)n1. The molecule has 2 aromatic heterocycles. The smallest absolute Gasteiger partial charge is 0.264 e. The van der Waals surface area contributed by atoms with Gasteiger partial charge < -0.3 is 5.32 Å². The Hall–Kier alpha value is -3.18. The fourth-order valence-corrected chi connectivity index (χ4v) is 3.72. The van der Waals surface area contributed by atoms with Gasteiger partial charge in [-0.05, 0) is 50.4 Å². The third-order valence-electron chi connectivity index (χ3n) is 4.93. The summed E-state index contributed by atoms with van der Waals surface area (Å²) >= 11 is 6.38. The van der Waals surface area contributed by atoms with Gasteiger partial charge >= 0.3 is 0 Å². The van der Waals surface area contributed by atoms with Crippen molar-refractivity contribution in [2.45, 2.75) is 26.8 Å². The monoisotopic (exact) mass is 404 g/mol. The maximum Gasteiger partial charge on any atom is 0.264 e. The van der Waals surface area contributed by atoms with Crippen LogP contribution in [0, 0.1) is 13.8 Å². The number of hydrogen-bond donors (Lipinski definition) is 1. The number of halogens is 1. The first-order chi connectivity index (χ1) is 14.0. The molecule has 146 valence electrons. The standard InChI is InChI=1S/C23H21ClN4O/c1-14-13-25-16(3)27-22(14)26-15(2)20-12-17-8-7-11-19(24)21(17)23(29)28(20)18-9-5-4-6-10-18/h4-13,15H,1-3H3,(H,25,26,27)/t15-/m0/s1. The van der Waals surface area contributed by atoms with Crippen molar-refractivity contribution in [2.75, 3.05) is 5.32 Å². The summed E-state index contributed by atoms with van der Waals surface area (Å²) in [4.78, 5) is 22.2. The van der Waals surface area contributed by atoms with E-state index in [1.54, 1.807) is 16.8 Å². The van der Waals surface area contributed by atoms with E-state index < -0.39 is 0 Å². The molecule has 0 fully saturated rings. The minimum Gasteiger partial charge on any atom is -0.362 e. The van der Waals surface area contributed by atoms with E-state index in [2.05, 4.69) is 15.3 Å². The number of aromatic nitrogens is 3. The van der Waals surface area contributed by atoms with Crippen LogP contribution in [-0.2, 0) is 0 Å². The predicted octanol–water partition coefficient (Wildman–Crippen LogP) is 5.22. The summed E-state index contributed by atoms with van der Waals surface area (Å²) in [6.07, 6.45) is 1.79. The number of nitrogens with zero attached hydrogens (tertiary/aromatic N) is 3. The van der Waals surface area contributed by atoms with Crippen LogP contribution in [-0.4, -0.2) is 14.5 Å². The summed E-state index contributed by atoms with van der Waals surface area (Å²) in [7, 11) is 0. The molecule has 2 heterocycles. The summed E-state index contributed by atoms with van der Waals surface area (Å²) in [5, 5.41) is 5.22. The van der Waals surface area contributed by atoms with E-state index in [-0.39, 0.29) is 11.6 Å². The summed E-state index contributed by atoms with van der Waals surface area (Å²) < 4.78 is 1.72. The molecule has 4 rings (SSSR count). The van der Waals surface area contributed by atoms with E-state index in [1.807, 2.05) is 69.3 Å². The zero-order chi connectivity index (χ0) is 20.5. The second-order valence-electron chi connectivity index (χ2n) is 7.06. The van der Waals surface area contributed by atoms with Crippen LogP contribution in [0.1, 0.15) is 30.0 Å². The third kappa shape index (κ3) is 3.61. The maximum atomic E-state index is 13.5. The highest BCUT2D eigenvalue weighted by molar-refractivity contribution is 6.35. The number of pyridine rings is 1. The molecule has 29 heavy (non-hydrogen) atoms. The van der Waals surface area contributed by atoms with Gasteiger partial charge in [-0.1, -0.05) is 41.9 Å². The second kappa shape index (κ2) is 7.68. The normalized spacial score (nSPS) is 12.1. The molecular formula is C23H21ClN4O. The van der Waals surface area contributed by atoms with Gasteiger partial charge in [0.1, 0.15) is 11.6 Å². The number of para-hydroxylation sites is 1. The number of fused-ring (bicyclic) bond motifs is 1. The fourth-order valence-electron chi connectivity index (χ4n) is 3.46. The minimum atomic E-state index is -0.181. The summed E-state index contributed by atoms with van der Waals surface area (Å²) in [6.45, 7) is 5.83. The Morgan fingerprint density at radius 2 is 1.83 bits per heavy atom. The molecule has 1 atom stereocenters. The van der Waals surface area contributed by atoms with Gasteiger partial charge in [0, 0.05) is 23.1 Å². The molecule has 0 aliphatic carbocycles. The highest BCUT2D eigenvalue weighted by Crippen LogP contribution is 2.27. The van der Waals surface area contributed by atoms with Crippen molar-refractivity contribution >= 4 is 28.2 Å². The lowest BCUT2D eigenvalue weighted by Gasteiger charge is -2.22. The van der Waals surface area contributed by atoms with Gasteiger partial charge in [0.25, 0.3) is 5.56 Å². The van der Waals surface area contributed by atoms with Crippen molar-refractivity contribution in [1.29, 1.82) is 0 Å². The van der Waals surface area contributed by atoms with Crippen LogP contribution in [0.2, 0.25) is 5.02 Å². The van der Waals surface area contributed by atoms with Crippen molar-refractivity contribution in [1.82, 2.24) is 14.5 Å². The van der Waals surface area contributed by atoms with Crippen molar-refractivity contribution < 1.29 is 0 Å². The van der Waals surface area contributed by atoms with Crippen LogP contribution >= 0.6 is 11.6 Å². The van der Waals surface area contributed by atoms with E-state index in [0.29, 0.717) is 16.2 Å².